The molecule has 0 bridgehead atoms. The summed E-state index contributed by atoms with van der Waals surface area (Å²) in [6.07, 6.45) is 0. The summed E-state index contributed by atoms with van der Waals surface area (Å²) in [4.78, 5) is 13.7. The van der Waals surface area contributed by atoms with Crippen LogP contribution in [-0.2, 0) is 14.3 Å². The second kappa shape index (κ2) is 7.76. The molecule has 0 fully saturated rings. The van der Waals surface area contributed by atoms with Gasteiger partial charge in [-0.1, -0.05) is 6.07 Å². The number of nitrogens with zero attached hydrogens (tertiary/aromatic N) is 1. The number of nitrogens with one attached hydrogen (secondary N) is 1. The van der Waals surface area contributed by atoms with Crippen LogP contribution < -0.4 is 10.2 Å². The Morgan fingerprint density at radius 3 is 2.68 bits per heavy atom. The summed E-state index contributed by atoms with van der Waals surface area (Å²) in [6, 6.07) is 5.81. The van der Waals surface area contributed by atoms with Gasteiger partial charge in [-0.15, -0.1) is 0 Å². The minimum Gasteiger partial charge on any atom is -0.382 e. The van der Waals surface area contributed by atoms with Crippen molar-refractivity contribution in [3.05, 3.63) is 23.8 Å². The first kappa shape index (κ1) is 15.5. The molecule has 1 aromatic rings. The highest BCUT2D eigenvalue weighted by molar-refractivity contribution is 5.92. The van der Waals surface area contributed by atoms with E-state index < -0.39 is 0 Å². The molecule has 106 valence electrons. The van der Waals surface area contributed by atoms with Crippen LogP contribution >= 0.6 is 0 Å². The van der Waals surface area contributed by atoms with Crippen molar-refractivity contribution in [3.63, 3.8) is 0 Å². The zero-order valence-electron chi connectivity index (χ0n) is 12.0. The van der Waals surface area contributed by atoms with Crippen molar-refractivity contribution in [2.75, 3.05) is 51.2 Å². The molecule has 1 N–H and O–H groups in total. The molecule has 1 amide bonds. The van der Waals surface area contributed by atoms with E-state index in [9.17, 15) is 4.79 Å². The first-order chi connectivity index (χ1) is 9.04. The summed E-state index contributed by atoms with van der Waals surface area (Å²) in [7, 11) is 5.54. The summed E-state index contributed by atoms with van der Waals surface area (Å²) >= 11 is 0. The van der Waals surface area contributed by atoms with E-state index in [0.29, 0.717) is 13.2 Å². The molecule has 5 nitrogen and oxygen atoms in total. The Labute approximate surface area is 114 Å². The van der Waals surface area contributed by atoms with Crippen LogP contribution in [-0.4, -0.2) is 46.9 Å². The molecule has 0 heterocycles. The van der Waals surface area contributed by atoms with Crippen LogP contribution in [0.3, 0.4) is 0 Å². The number of amides is 1. The van der Waals surface area contributed by atoms with Crippen molar-refractivity contribution in [2.45, 2.75) is 6.92 Å². The second-order valence-corrected chi connectivity index (χ2v) is 4.49. The van der Waals surface area contributed by atoms with Gasteiger partial charge in [0, 0.05) is 32.6 Å². The highest BCUT2D eigenvalue weighted by atomic mass is 16.5. The van der Waals surface area contributed by atoms with Gasteiger partial charge in [-0.25, -0.2) is 0 Å². The van der Waals surface area contributed by atoms with Crippen molar-refractivity contribution < 1.29 is 14.3 Å². The van der Waals surface area contributed by atoms with Gasteiger partial charge in [0.25, 0.3) is 0 Å². The van der Waals surface area contributed by atoms with E-state index in [4.69, 9.17) is 9.47 Å². The molecule has 0 aliphatic carbocycles. The Hall–Kier alpha value is -1.59. The molecule has 0 aliphatic heterocycles. The molecule has 0 saturated carbocycles. The maximum Gasteiger partial charge on any atom is 0.250 e. The number of hydrogen-bond donors (Lipinski definition) is 1. The molecule has 0 unspecified atom stereocenters. The van der Waals surface area contributed by atoms with Crippen LogP contribution in [0.1, 0.15) is 5.56 Å². The molecule has 0 aliphatic rings. The number of carbonyl (C=O) groups is 1. The SMILES string of the molecule is COCCOCC(=O)Nc1ccc(C)c(N(C)C)c1. The summed E-state index contributed by atoms with van der Waals surface area (Å²) < 4.78 is 10.00. The Morgan fingerprint density at radius 1 is 1.32 bits per heavy atom. The van der Waals surface area contributed by atoms with Gasteiger partial charge in [-0.05, 0) is 24.6 Å². The van der Waals surface area contributed by atoms with Gasteiger partial charge >= 0.3 is 0 Å². The zero-order valence-corrected chi connectivity index (χ0v) is 12.0. The van der Waals surface area contributed by atoms with Crippen molar-refractivity contribution in [1.82, 2.24) is 0 Å². The Bertz CT molecular complexity index is 419. The van der Waals surface area contributed by atoms with Gasteiger partial charge in [0.05, 0.1) is 13.2 Å². The van der Waals surface area contributed by atoms with Crippen LogP contribution in [0.25, 0.3) is 0 Å². The number of carbonyl (C=O) groups excluding carboxylic acids is 1. The number of rotatable bonds is 7. The minimum atomic E-state index is -0.162. The lowest BCUT2D eigenvalue weighted by molar-refractivity contribution is -0.121. The third-order valence-corrected chi connectivity index (χ3v) is 2.64. The van der Waals surface area contributed by atoms with Crippen molar-refractivity contribution in [3.8, 4) is 0 Å². The van der Waals surface area contributed by atoms with E-state index in [-0.39, 0.29) is 12.5 Å². The summed E-state index contributed by atoms with van der Waals surface area (Å²) in [6.45, 7) is 2.98. The normalized spacial score (nSPS) is 10.3. The third-order valence-electron chi connectivity index (χ3n) is 2.64. The van der Waals surface area contributed by atoms with Gasteiger partial charge in [0.2, 0.25) is 5.91 Å². The van der Waals surface area contributed by atoms with Crippen LogP contribution in [0.4, 0.5) is 11.4 Å². The highest BCUT2D eigenvalue weighted by Crippen LogP contribution is 2.22. The maximum atomic E-state index is 11.7. The fourth-order valence-corrected chi connectivity index (χ4v) is 1.67. The Balaban J connectivity index is 2.52. The topological polar surface area (TPSA) is 50.8 Å². The molecular weight excluding hydrogens is 244 g/mol. The number of methoxy groups -OCH3 is 1. The third kappa shape index (κ3) is 5.28. The average molecular weight is 266 g/mol. The van der Waals surface area contributed by atoms with Crippen LogP contribution in [0, 0.1) is 6.92 Å². The number of ether oxygens (including phenoxy) is 2. The van der Waals surface area contributed by atoms with Crippen LogP contribution in [0.5, 0.6) is 0 Å². The highest BCUT2D eigenvalue weighted by Gasteiger charge is 2.06. The minimum absolute atomic E-state index is 0.0362. The predicted octanol–water partition coefficient (Wildman–Crippen LogP) is 1.66. The quantitative estimate of drug-likeness (QED) is 0.763. The first-order valence-corrected chi connectivity index (χ1v) is 6.19. The molecule has 0 spiro atoms. The lowest BCUT2D eigenvalue weighted by atomic mass is 10.1. The van der Waals surface area contributed by atoms with Crippen LogP contribution in [0.2, 0.25) is 0 Å². The molecule has 0 saturated heterocycles. The Morgan fingerprint density at radius 2 is 2.05 bits per heavy atom. The molecule has 1 rings (SSSR count). The van der Waals surface area contributed by atoms with E-state index in [0.717, 1.165) is 11.4 Å². The fraction of sp³-hybridized carbons (Fsp3) is 0.500. The number of hydrogen-bond acceptors (Lipinski definition) is 4. The largest absolute Gasteiger partial charge is 0.382 e. The molecule has 5 heteroatoms. The molecule has 19 heavy (non-hydrogen) atoms. The standard InChI is InChI=1S/C14H22N2O3/c1-11-5-6-12(9-13(11)16(2)3)15-14(17)10-19-8-7-18-4/h5-6,9H,7-8,10H2,1-4H3,(H,15,17). The van der Waals surface area contributed by atoms with Crippen molar-refractivity contribution in [1.29, 1.82) is 0 Å². The fourth-order valence-electron chi connectivity index (χ4n) is 1.67. The molecule has 0 aromatic heterocycles. The molecular formula is C14H22N2O3. The average Bonchev–Trinajstić information content (AvgIpc) is 2.36. The summed E-state index contributed by atoms with van der Waals surface area (Å²) in [5.74, 6) is -0.162. The number of anilines is 2. The van der Waals surface area contributed by atoms with E-state index in [1.54, 1.807) is 7.11 Å². The predicted molar refractivity (Wildman–Crippen MR) is 76.8 cm³/mol. The monoisotopic (exact) mass is 266 g/mol. The zero-order chi connectivity index (χ0) is 14.3. The Kier molecular flexibility index (Phi) is 6.32. The van der Waals surface area contributed by atoms with E-state index >= 15 is 0 Å². The maximum absolute atomic E-state index is 11.7. The van der Waals surface area contributed by atoms with Gasteiger partial charge in [0.15, 0.2) is 0 Å². The first-order valence-electron chi connectivity index (χ1n) is 6.19. The summed E-state index contributed by atoms with van der Waals surface area (Å²) in [5.41, 5.74) is 3.02. The molecule has 1 aromatic carbocycles. The number of benzene rings is 1. The van der Waals surface area contributed by atoms with Gasteiger partial charge in [-0.2, -0.15) is 0 Å². The molecule has 0 atom stereocenters. The van der Waals surface area contributed by atoms with Crippen LogP contribution in [0.15, 0.2) is 18.2 Å². The van der Waals surface area contributed by atoms with E-state index in [2.05, 4.69) is 5.32 Å². The lowest BCUT2D eigenvalue weighted by Gasteiger charge is -2.17. The van der Waals surface area contributed by atoms with Gasteiger partial charge < -0.3 is 19.7 Å². The number of aryl methyl sites for hydroxylation is 1. The van der Waals surface area contributed by atoms with E-state index in [1.165, 1.54) is 5.56 Å². The van der Waals surface area contributed by atoms with E-state index in [1.807, 2.05) is 44.1 Å². The second-order valence-electron chi connectivity index (χ2n) is 4.49. The molecule has 0 radical (unpaired) electrons. The lowest BCUT2D eigenvalue weighted by Crippen LogP contribution is -2.20. The van der Waals surface area contributed by atoms with Crippen molar-refractivity contribution in [2.24, 2.45) is 0 Å². The summed E-state index contributed by atoms with van der Waals surface area (Å²) in [5, 5.41) is 2.81. The van der Waals surface area contributed by atoms with Gasteiger partial charge in [0.1, 0.15) is 6.61 Å². The van der Waals surface area contributed by atoms with Gasteiger partial charge in [-0.3, -0.25) is 4.79 Å². The van der Waals surface area contributed by atoms with Crippen molar-refractivity contribution >= 4 is 17.3 Å². The smallest absolute Gasteiger partial charge is 0.250 e.